The van der Waals surface area contributed by atoms with E-state index in [-0.39, 0.29) is 24.2 Å². The molecule has 0 spiro atoms. The molecule has 7 heteroatoms. The number of amides is 1. The number of halogens is 2. The summed E-state index contributed by atoms with van der Waals surface area (Å²) in [6.07, 6.45) is 4.34. The third-order valence-corrected chi connectivity index (χ3v) is 3.83. The number of nitrogens with one attached hydrogen (secondary N) is 1. The van der Waals surface area contributed by atoms with Crippen LogP contribution in [0.5, 0.6) is 0 Å². The lowest BCUT2D eigenvalue weighted by atomic mass is 9.99. The van der Waals surface area contributed by atoms with Crippen molar-refractivity contribution in [2.24, 2.45) is 11.7 Å². The van der Waals surface area contributed by atoms with E-state index in [0.717, 1.165) is 12.1 Å². The number of nitrogens with two attached hydrogens (primary N) is 1. The molecule has 0 fully saturated rings. The van der Waals surface area contributed by atoms with E-state index in [1.54, 1.807) is 35.3 Å². The number of hydrogen-bond acceptors (Lipinski definition) is 3. The van der Waals surface area contributed by atoms with Crippen LogP contribution < -0.4 is 11.1 Å². The molecule has 1 aromatic carbocycles. The van der Waals surface area contributed by atoms with Gasteiger partial charge in [-0.25, -0.2) is 4.68 Å². The average molecular weight is 343 g/mol. The Balaban J connectivity index is 0.00000242. The quantitative estimate of drug-likeness (QED) is 0.875. The fraction of sp³-hybridized carbons (Fsp3) is 0.333. The van der Waals surface area contributed by atoms with Gasteiger partial charge in [0.25, 0.3) is 0 Å². The smallest absolute Gasteiger partial charge is 0.241 e. The Labute approximate surface area is 141 Å². The van der Waals surface area contributed by atoms with E-state index in [2.05, 4.69) is 10.4 Å². The molecule has 22 heavy (non-hydrogen) atoms. The van der Waals surface area contributed by atoms with Crippen molar-refractivity contribution < 1.29 is 4.79 Å². The summed E-state index contributed by atoms with van der Waals surface area (Å²) in [5.74, 6) is -0.0731. The van der Waals surface area contributed by atoms with Gasteiger partial charge in [-0.15, -0.1) is 12.4 Å². The van der Waals surface area contributed by atoms with E-state index >= 15 is 0 Å². The van der Waals surface area contributed by atoms with Crippen molar-refractivity contribution in [3.8, 4) is 5.69 Å². The predicted molar refractivity (Wildman–Crippen MR) is 91.9 cm³/mol. The summed E-state index contributed by atoms with van der Waals surface area (Å²) in [5.41, 5.74) is 7.29. The largest absolute Gasteiger partial charge is 0.325 e. The van der Waals surface area contributed by atoms with Gasteiger partial charge in [-0.05, 0) is 30.2 Å². The van der Waals surface area contributed by atoms with Crippen LogP contribution in [-0.4, -0.2) is 21.7 Å². The third-order valence-electron chi connectivity index (χ3n) is 3.53. The molecule has 1 aromatic heterocycles. The van der Waals surface area contributed by atoms with Gasteiger partial charge in [0.1, 0.15) is 0 Å². The highest BCUT2D eigenvalue weighted by molar-refractivity contribution is 6.32. The molecule has 0 saturated carbocycles. The normalized spacial score (nSPS) is 13.1. The zero-order chi connectivity index (χ0) is 15.4. The maximum Gasteiger partial charge on any atom is 0.241 e. The van der Waals surface area contributed by atoms with Crippen molar-refractivity contribution in [1.82, 2.24) is 9.78 Å². The van der Waals surface area contributed by atoms with Crippen molar-refractivity contribution in [2.75, 3.05) is 5.32 Å². The van der Waals surface area contributed by atoms with E-state index in [9.17, 15) is 4.79 Å². The Hall–Kier alpha value is -1.56. The van der Waals surface area contributed by atoms with Crippen molar-refractivity contribution in [2.45, 2.75) is 26.3 Å². The monoisotopic (exact) mass is 342 g/mol. The SMILES string of the molecule is CCC(C)C(N)C(=O)Nc1ccc(-n2cccn2)c(Cl)c1.Cl. The van der Waals surface area contributed by atoms with Gasteiger partial charge in [0, 0.05) is 18.1 Å². The number of rotatable bonds is 5. The molecule has 1 heterocycles. The summed E-state index contributed by atoms with van der Waals surface area (Å²) in [5, 5.41) is 7.43. The number of anilines is 1. The lowest BCUT2D eigenvalue weighted by Crippen LogP contribution is -2.40. The summed E-state index contributed by atoms with van der Waals surface area (Å²) < 4.78 is 1.67. The lowest BCUT2D eigenvalue weighted by molar-refractivity contribution is -0.118. The van der Waals surface area contributed by atoms with Gasteiger partial charge in [-0.2, -0.15) is 5.10 Å². The van der Waals surface area contributed by atoms with Crippen LogP contribution in [0.1, 0.15) is 20.3 Å². The lowest BCUT2D eigenvalue weighted by Gasteiger charge is -2.18. The van der Waals surface area contributed by atoms with Crippen molar-refractivity contribution in [3.63, 3.8) is 0 Å². The molecule has 120 valence electrons. The van der Waals surface area contributed by atoms with Crippen LogP contribution in [0.3, 0.4) is 0 Å². The van der Waals surface area contributed by atoms with Crippen LogP contribution >= 0.6 is 24.0 Å². The fourth-order valence-corrected chi connectivity index (χ4v) is 2.19. The van der Waals surface area contributed by atoms with Crippen LogP contribution in [0.2, 0.25) is 5.02 Å². The molecule has 0 radical (unpaired) electrons. The Kier molecular flexibility index (Phi) is 6.87. The van der Waals surface area contributed by atoms with Gasteiger partial charge < -0.3 is 11.1 Å². The van der Waals surface area contributed by atoms with E-state index in [4.69, 9.17) is 17.3 Å². The minimum absolute atomic E-state index is 0. The zero-order valence-electron chi connectivity index (χ0n) is 12.5. The Morgan fingerprint density at radius 1 is 1.50 bits per heavy atom. The molecule has 2 aromatic rings. The van der Waals surface area contributed by atoms with Crippen LogP contribution in [0.4, 0.5) is 5.69 Å². The second-order valence-electron chi connectivity index (χ2n) is 5.02. The summed E-state index contributed by atoms with van der Waals surface area (Å²) >= 11 is 6.23. The van der Waals surface area contributed by atoms with E-state index < -0.39 is 6.04 Å². The molecule has 0 aliphatic rings. The molecule has 0 aliphatic heterocycles. The molecule has 0 aliphatic carbocycles. The Bertz CT molecular complexity index is 616. The first-order chi connectivity index (χ1) is 10.0. The standard InChI is InChI=1S/C15H19ClN4O.ClH/c1-3-10(2)14(17)15(21)19-11-5-6-13(12(16)9-11)20-8-4-7-18-20;/h4-10,14H,3,17H2,1-2H3,(H,19,21);1H. The van der Waals surface area contributed by atoms with Gasteiger partial charge in [-0.3, -0.25) is 4.79 Å². The first-order valence-electron chi connectivity index (χ1n) is 6.89. The van der Waals surface area contributed by atoms with Crippen molar-refractivity contribution in [1.29, 1.82) is 0 Å². The molecule has 5 nitrogen and oxygen atoms in total. The zero-order valence-corrected chi connectivity index (χ0v) is 14.1. The minimum Gasteiger partial charge on any atom is -0.325 e. The van der Waals surface area contributed by atoms with Crippen LogP contribution in [0.25, 0.3) is 5.69 Å². The van der Waals surface area contributed by atoms with Crippen LogP contribution in [0, 0.1) is 5.92 Å². The summed E-state index contributed by atoms with van der Waals surface area (Å²) in [7, 11) is 0. The molecular formula is C15H20Cl2N4O. The van der Waals surface area contributed by atoms with Crippen molar-refractivity contribution >= 4 is 35.6 Å². The van der Waals surface area contributed by atoms with Gasteiger partial charge in [-0.1, -0.05) is 31.9 Å². The third kappa shape index (κ3) is 4.22. The second-order valence-corrected chi connectivity index (χ2v) is 5.42. The van der Waals surface area contributed by atoms with Crippen molar-refractivity contribution in [3.05, 3.63) is 41.7 Å². The van der Waals surface area contributed by atoms with Gasteiger partial charge in [0.15, 0.2) is 0 Å². The fourth-order valence-electron chi connectivity index (χ4n) is 1.92. The topological polar surface area (TPSA) is 72.9 Å². The average Bonchev–Trinajstić information content (AvgIpc) is 2.99. The number of benzene rings is 1. The summed E-state index contributed by atoms with van der Waals surface area (Å²) in [6, 6.07) is 6.57. The van der Waals surface area contributed by atoms with Crippen LogP contribution in [0.15, 0.2) is 36.7 Å². The number of hydrogen-bond donors (Lipinski definition) is 2. The Morgan fingerprint density at radius 3 is 2.77 bits per heavy atom. The summed E-state index contributed by atoms with van der Waals surface area (Å²) in [4.78, 5) is 12.0. The maximum absolute atomic E-state index is 12.0. The van der Waals surface area contributed by atoms with E-state index in [1.807, 2.05) is 19.9 Å². The van der Waals surface area contributed by atoms with Gasteiger partial charge in [0.05, 0.1) is 16.8 Å². The molecule has 3 N–H and O–H groups in total. The highest BCUT2D eigenvalue weighted by Crippen LogP contribution is 2.24. The molecule has 1 amide bonds. The molecule has 0 bridgehead atoms. The van der Waals surface area contributed by atoms with Gasteiger partial charge >= 0.3 is 0 Å². The first-order valence-corrected chi connectivity index (χ1v) is 7.26. The molecule has 2 rings (SSSR count). The molecule has 2 atom stereocenters. The second kappa shape index (κ2) is 8.17. The van der Waals surface area contributed by atoms with Crippen LogP contribution in [-0.2, 0) is 4.79 Å². The molecule has 2 unspecified atom stereocenters. The van der Waals surface area contributed by atoms with E-state index in [1.165, 1.54) is 0 Å². The summed E-state index contributed by atoms with van der Waals surface area (Å²) in [6.45, 7) is 3.96. The van der Waals surface area contributed by atoms with E-state index in [0.29, 0.717) is 10.7 Å². The predicted octanol–water partition coefficient (Wildman–Crippen LogP) is 3.26. The number of aromatic nitrogens is 2. The number of carbonyl (C=O) groups excluding carboxylic acids is 1. The highest BCUT2D eigenvalue weighted by Gasteiger charge is 2.19. The molecular weight excluding hydrogens is 323 g/mol. The minimum atomic E-state index is -0.528. The Morgan fingerprint density at radius 2 is 2.23 bits per heavy atom. The highest BCUT2D eigenvalue weighted by atomic mass is 35.5. The maximum atomic E-state index is 12.0. The number of nitrogens with zero attached hydrogens (tertiary/aromatic N) is 2. The number of carbonyl (C=O) groups is 1. The molecule has 0 saturated heterocycles. The van der Waals surface area contributed by atoms with Gasteiger partial charge in [0.2, 0.25) is 5.91 Å². The first kappa shape index (κ1) is 18.5.